The smallest absolute Gasteiger partial charge is 0.305 e. The summed E-state index contributed by atoms with van der Waals surface area (Å²) in [5.41, 5.74) is 0. The first kappa shape index (κ1) is 44.5. The van der Waals surface area contributed by atoms with Crippen LogP contribution in [0.4, 0.5) is 0 Å². The van der Waals surface area contributed by atoms with Crippen molar-refractivity contribution in [3.8, 4) is 17.2 Å². The van der Waals surface area contributed by atoms with Gasteiger partial charge in [0, 0.05) is 18.8 Å². The van der Waals surface area contributed by atoms with Gasteiger partial charge in [-0.3, -0.25) is 14.4 Å². The molecular weight excluding hydrogens is 648 g/mol. The van der Waals surface area contributed by atoms with Gasteiger partial charge in [0.15, 0.2) is 0 Å². The van der Waals surface area contributed by atoms with Gasteiger partial charge in [-0.15, -0.1) is 0 Å². The van der Waals surface area contributed by atoms with Crippen molar-refractivity contribution in [1.82, 2.24) is 0 Å². The van der Waals surface area contributed by atoms with E-state index in [1.807, 2.05) is 97.9 Å². The predicted molar refractivity (Wildman–Crippen MR) is 201 cm³/mol. The highest BCUT2D eigenvalue weighted by Gasteiger charge is 2.11. The van der Waals surface area contributed by atoms with Crippen LogP contribution in [0.1, 0.15) is 78.6 Å². The van der Waals surface area contributed by atoms with Crippen molar-refractivity contribution in [2.45, 2.75) is 78.6 Å². The molecule has 0 heterocycles. The fourth-order valence-corrected chi connectivity index (χ4v) is 4.74. The normalized spacial score (nSPS) is 11.9. The van der Waals surface area contributed by atoms with E-state index in [2.05, 4.69) is 28.1 Å². The summed E-state index contributed by atoms with van der Waals surface area (Å²) in [5, 5.41) is 0. The van der Waals surface area contributed by atoms with Gasteiger partial charge >= 0.3 is 17.9 Å². The summed E-state index contributed by atoms with van der Waals surface area (Å²) in [7, 11) is 4.26. The number of hydrogen-bond donors (Lipinski definition) is 0. The highest BCUT2D eigenvalue weighted by atomic mass is 16.5. The molecule has 3 rings (SSSR count). The van der Waals surface area contributed by atoms with Gasteiger partial charge in [-0.05, 0) is 67.5 Å². The van der Waals surface area contributed by atoms with Gasteiger partial charge in [0.05, 0.1) is 47.6 Å². The van der Waals surface area contributed by atoms with E-state index >= 15 is 0 Å². The van der Waals surface area contributed by atoms with Crippen LogP contribution in [0.25, 0.3) is 0 Å². The Balaban J connectivity index is 0.000000385. The van der Waals surface area contributed by atoms with Crippen LogP contribution < -0.4 is 14.2 Å². The van der Waals surface area contributed by atoms with Crippen LogP contribution >= 0.6 is 0 Å². The number of unbranched alkanes of at least 4 members (excludes halogenated alkanes) is 2. The van der Waals surface area contributed by atoms with E-state index in [4.69, 9.17) is 14.2 Å². The summed E-state index contributed by atoms with van der Waals surface area (Å²) in [6.07, 6.45) is 7.73. The number of methoxy groups -OCH3 is 3. The summed E-state index contributed by atoms with van der Waals surface area (Å²) in [6.45, 7) is 8.08. The SMILES string of the molecule is COC(=O)CC(C)CCCCCOc1ccccc1.COC(=O)CC(C)CCCOc1ccccc1.COC(=O)CC(C)COc1ccccc1. The zero-order valence-electron chi connectivity index (χ0n) is 31.6. The molecule has 282 valence electrons. The Bertz CT molecular complexity index is 1290. The second-order valence-electron chi connectivity index (χ2n) is 12.6. The van der Waals surface area contributed by atoms with Crippen molar-refractivity contribution in [2.75, 3.05) is 41.2 Å². The molecule has 0 saturated carbocycles. The largest absolute Gasteiger partial charge is 0.494 e. The summed E-state index contributed by atoms with van der Waals surface area (Å²) in [6, 6.07) is 29.2. The van der Waals surface area contributed by atoms with Crippen LogP contribution in [0.2, 0.25) is 0 Å². The van der Waals surface area contributed by atoms with Crippen molar-refractivity contribution in [2.24, 2.45) is 17.8 Å². The molecule has 0 radical (unpaired) electrons. The summed E-state index contributed by atoms with van der Waals surface area (Å²) in [4.78, 5) is 33.1. The lowest BCUT2D eigenvalue weighted by atomic mass is 10.00. The molecule has 51 heavy (non-hydrogen) atoms. The highest BCUT2D eigenvalue weighted by molar-refractivity contribution is 5.70. The number of carbonyl (C=O) groups is 3. The fraction of sp³-hybridized carbons (Fsp3) is 0.500. The van der Waals surface area contributed by atoms with Crippen LogP contribution in [0, 0.1) is 17.8 Å². The number of carbonyl (C=O) groups excluding carboxylic acids is 3. The molecule has 0 bridgehead atoms. The van der Waals surface area contributed by atoms with Crippen LogP contribution in [-0.2, 0) is 28.6 Å². The monoisotopic (exact) mass is 708 g/mol. The topological polar surface area (TPSA) is 107 Å². The number of esters is 3. The van der Waals surface area contributed by atoms with Crippen LogP contribution in [0.15, 0.2) is 91.0 Å². The molecule has 9 heteroatoms. The quantitative estimate of drug-likeness (QED) is 0.0608. The molecule has 3 atom stereocenters. The molecule has 0 aliphatic rings. The molecule has 0 N–H and O–H groups in total. The molecule has 9 nitrogen and oxygen atoms in total. The number of hydrogen-bond acceptors (Lipinski definition) is 9. The van der Waals surface area contributed by atoms with E-state index in [9.17, 15) is 14.4 Å². The van der Waals surface area contributed by atoms with Crippen molar-refractivity contribution >= 4 is 17.9 Å². The molecule has 3 unspecified atom stereocenters. The van der Waals surface area contributed by atoms with E-state index in [0.717, 1.165) is 62.4 Å². The Morgan fingerprint density at radius 3 is 1.22 bits per heavy atom. The van der Waals surface area contributed by atoms with Crippen molar-refractivity contribution < 1.29 is 42.8 Å². The molecule has 0 fully saturated rings. The summed E-state index contributed by atoms with van der Waals surface area (Å²) >= 11 is 0. The van der Waals surface area contributed by atoms with E-state index in [1.54, 1.807) is 0 Å². The van der Waals surface area contributed by atoms with Gasteiger partial charge < -0.3 is 28.4 Å². The van der Waals surface area contributed by atoms with Crippen molar-refractivity contribution in [3.63, 3.8) is 0 Å². The second kappa shape index (κ2) is 29.2. The number of ether oxygens (including phenoxy) is 6. The molecule has 0 aromatic heterocycles. The minimum Gasteiger partial charge on any atom is -0.494 e. The first-order valence-corrected chi connectivity index (χ1v) is 17.9. The van der Waals surface area contributed by atoms with Gasteiger partial charge in [-0.1, -0.05) is 94.6 Å². The lowest BCUT2D eigenvalue weighted by Crippen LogP contribution is -2.14. The third-order valence-corrected chi connectivity index (χ3v) is 7.71. The Morgan fingerprint density at radius 1 is 0.451 bits per heavy atom. The lowest BCUT2D eigenvalue weighted by molar-refractivity contribution is -0.142. The minimum absolute atomic E-state index is 0.111. The molecule has 0 saturated heterocycles. The first-order chi connectivity index (χ1) is 24.7. The third-order valence-electron chi connectivity index (χ3n) is 7.71. The van der Waals surface area contributed by atoms with E-state index in [1.165, 1.54) is 21.3 Å². The van der Waals surface area contributed by atoms with E-state index < -0.39 is 0 Å². The average molecular weight is 709 g/mol. The predicted octanol–water partition coefficient (Wildman–Crippen LogP) is 9.13. The average Bonchev–Trinajstić information content (AvgIpc) is 3.15. The molecular formula is C42H60O9. The standard InChI is InChI=1S/C16H24O3.C14H20O3.C12H16O3/c1-14(13-16(17)18-2)9-5-4-8-12-19-15-10-6-3-7-11-15;1-12(11-14(15)16-2)7-6-10-17-13-8-4-3-5-9-13;1-10(8-12(13)14-2)9-15-11-6-4-3-5-7-11/h3,6-7,10-11,14H,4-5,8-9,12-13H2,1-2H3;3-5,8-9,12H,6-7,10-11H2,1-2H3;3-7,10H,8-9H2,1-2H3. The Morgan fingerprint density at radius 2 is 0.804 bits per heavy atom. The maximum absolute atomic E-state index is 11.1. The Hall–Kier alpha value is -4.53. The maximum Gasteiger partial charge on any atom is 0.305 e. The van der Waals surface area contributed by atoms with Gasteiger partial charge in [0.25, 0.3) is 0 Å². The van der Waals surface area contributed by atoms with Gasteiger partial charge in [-0.2, -0.15) is 0 Å². The van der Waals surface area contributed by atoms with E-state index in [-0.39, 0.29) is 23.8 Å². The second-order valence-corrected chi connectivity index (χ2v) is 12.6. The van der Waals surface area contributed by atoms with E-state index in [0.29, 0.717) is 44.3 Å². The number of benzene rings is 3. The zero-order chi connectivity index (χ0) is 37.5. The summed E-state index contributed by atoms with van der Waals surface area (Å²) in [5.74, 6) is 3.13. The third kappa shape index (κ3) is 25.1. The Labute approximate surface area is 305 Å². The zero-order valence-corrected chi connectivity index (χ0v) is 31.6. The summed E-state index contributed by atoms with van der Waals surface area (Å²) < 4.78 is 30.6. The molecule has 3 aromatic carbocycles. The Kier molecular flexibility index (Phi) is 25.5. The first-order valence-electron chi connectivity index (χ1n) is 17.9. The van der Waals surface area contributed by atoms with Gasteiger partial charge in [-0.25, -0.2) is 0 Å². The lowest BCUT2D eigenvalue weighted by Gasteiger charge is -2.11. The maximum atomic E-state index is 11.1. The van der Waals surface area contributed by atoms with Gasteiger partial charge in [0.2, 0.25) is 0 Å². The molecule has 0 aliphatic heterocycles. The fourth-order valence-electron chi connectivity index (χ4n) is 4.74. The minimum atomic E-state index is -0.195. The van der Waals surface area contributed by atoms with Gasteiger partial charge in [0.1, 0.15) is 17.2 Å². The molecule has 0 spiro atoms. The highest BCUT2D eigenvalue weighted by Crippen LogP contribution is 2.16. The number of rotatable bonds is 21. The van der Waals surface area contributed by atoms with Crippen molar-refractivity contribution in [1.29, 1.82) is 0 Å². The van der Waals surface area contributed by atoms with Crippen LogP contribution in [0.5, 0.6) is 17.2 Å². The van der Waals surface area contributed by atoms with Crippen molar-refractivity contribution in [3.05, 3.63) is 91.0 Å². The molecule has 0 aliphatic carbocycles. The van der Waals surface area contributed by atoms with Crippen LogP contribution in [0.3, 0.4) is 0 Å². The van der Waals surface area contributed by atoms with Crippen LogP contribution in [-0.4, -0.2) is 59.1 Å². The molecule has 3 aromatic rings. The molecule has 0 amide bonds. The number of para-hydroxylation sites is 3.